The fourth-order valence-electron chi connectivity index (χ4n) is 1.48. The summed E-state index contributed by atoms with van der Waals surface area (Å²) in [6, 6.07) is 8.64. The van der Waals surface area contributed by atoms with E-state index in [9.17, 15) is 8.78 Å². The maximum absolute atomic E-state index is 13.5. The van der Waals surface area contributed by atoms with Crippen LogP contribution in [-0.2, 0) is 0 Å². The van der Waals surface area contributed by atoms with Crippen molar-refractivity contribution in [1.82, 2.24) is 4.98 Å². The number of anilines is 2. The monoisotopic (exact) mass is 245 g/mol. The third-order valence-corrected chi connectivity index (χ3v) is 2.36. The SMILES string of the molecule is Cc1ccc(C#N)c(Nc2c(F)cccc2F)n1. The Hall–Kier alpha value is -2.48. The zero-order valence-corrected chi connectivity index (χ0v) is 9.54. The molecule has 2 rings (SSSR count). The number of benzene rings is 1. The minimum atomic E-state index is -0.734. The Morgan fingerprint density at radius 1 is 1.17 bits per heavy atom. The number of hydrogen-bond acceptors (Lipinski definition) is 3. The van der Waals surface area contributed by atoms with Crippen LogP contribution in [-0.4, -0.2) is 4.98 Å². The second-order valence-corrected chi connectivity index (χ2v) is 3.68. The summed E-state index contributed by atoms with van der Waals surface area (Å²) in [6.45, 7) is 1.73. The first-order valence-corrected chi connectivity index (χ1v) is 5.20. The summed E-state index contributed by atoms with van der Waals surface area (Å²) in [5.41, 5.74) is 0.559. The van der Waals surface area contributed by atoms with Crippen LogP contribution in [0.2, 0.25) is 0 Å². The van der Waals surface area contributed by atoms with Gasteiger partial charge in [-0.1, -0.05) is 6.07 Å². The highest BCUT2D eigenvalue weighted by molar-refractivity contribution is 5.63. The molecule has 2 aromatic rings. The van der Waals surface area contributed by atoms with Crippen molar-refractivity contribution in [3.63, 3.8) is 0 Å². The maximum Gasteiger partial charge on any atom is 0.149 e. The van der Waals surface area contributed by atoms with E-state index >= 15 is 0 Å². The Balaban J connectivity index is 2.46. The van der Waals surface area contributed by atoms with Crippen molar-refractivity contribution in [3.05, 3.63) is 53.2 Å². The quantitative estimate of drug-likeness (QED) is 0.883. The molecule has 0 fully saturated rings. The zero-order chi connectivity index (χ0) is 13.1. The molecule has 0 aliphatic rings. The lowest BCUT2D eigenvalue weighted by molar-refractivity contribution is 0.590. The predicted molar refractivity (Wildman–Crippen MR) is 63.3 cm³/mol. The molecule has 1 aromatic carbocycles. The first-order valence-electron chi connectivity index (χ1n) is 5.20. The Bertz CT molecular complexity index is 612. The van der Waals surface area contributed by atoms with Gasteiger partial charge in [0.15, 0.2) is 0 Å². The Kier molecular flexibility index (Phi) is 3.20. The molecule has 0 atom stereocenters. The van der Waals surface area contributed by atoms with Gasteiger partial charge in [-0.05, 0) is 31.2 Å². The highest BCUT2D eigenvalue weighted by Gasteiger charge is 2.11. The van der Waals surface area contributed by atoms with E-state index in [2.05, 4.69) is 10.3 Å². The van der Waals surface area contributed by atoms with E-state index in [1.807, 2.05) is 6.07 Å². The lowest BCUT2D eigenvalue weighted by Gasteiger charge is -2.09. The van der Waals surface area contributed by atoms with E-state index in [1.54, 1.807) is 19.1 Å². The summed E-state index contributed by atoms with van der Waals surface area (Å²) in [4.78, 5) is 4.05. The Labute approximate surface area is 103 Å². The summed E-state index contributed by atoms with van der Waals surface area (Å²) in [5.74, 6) is -1.33. The van der Waals surface area contributed by atoms with Crippen molar-refractivity contribution in [1.29, 1.82) is 5.26 Å². The Morgan fingerprint density at radius 3 is 2.44 bits per heavy atom. The van der Waals surface area contributed by atoms with E-state index in [0.29, 0.717) is 5.69 Å². The number of nitrogens with zero attached hydrogens (tertiary/aromatic N) is 2. The van der Waals surface area contributed by atoms with Gasteiger partial charge in [0.25, 0.3) is 0 Å². The molecule has 0 aliphatic carbocycles. The van der Waals surface area contributed by atoms with Crippen LogP contribution in [0.5, 0.6) is 0 Å². The molecule has 0 saturated carbocycles. The molecule has 5 heteroatoms. The normalized spacial score (nSPS) is 9.89. The average molecular weight is 245 g/mol. The van der Waals surface area contributed by atoms with Crippen molar-refractivity contribution in [2.45, 2.75) is 6.92 Å². The number of para-hydroxylation sites is 1. The molecule has 0 aliphatic heterocycles. The second-order valence-electron chi connectivity index (χ2n) is 3.68. The molecule has 0 saturated heterocycles. The molecule has 1 aromatic heterocycles. The lowest BCUT2D eigenvalue weighted by Crippen LogP contribution is -2.02. The van der Waals surface area contributed by atoms with Crippen molar-refractivity contribution in [2.75, 3.05) is 5.32 Å². The number of aryl methyl sites for hydroxylation is 1. The van der Waals surface area contributed by atoms with Gasteiger partial charge in [-0.3, -0.25) is 0 Å². The van der Waals surface area contributed by atoms with Crippen LogP contribution < -0.4 is 5.32 Å². The standard InChI is InChI=1S/C13H9F2N3/c1-8-5-6-9(7-16)13(17-8)18-12-10(14)3-2-4-11(12)15/h2-6H,1H3,(H,17,18). The van der Waals surface area contributed by atoms with Gasteiger partial charge < -0.3 is 5.32 Å². The molecular weight excluding hydrogens is 236 g/mol. The molecular formula is C13H9F2N3. The van der Waals surface area contributed by atoms with Crippen LogP contribution in [0.25, 0.3) is 0 Å². The fourth-order valence-corrected chi connectivity index (χ4v) is 1.48. The van der Waals surface area contributed by atoms with Gasteiger partial charge in [0.05, 0.1) is 5.56 Å². The van der Waals surface area contributed by atoms with Crippen molar-refractivity contribution >= 4 is 11.5 Å². The molecule has 0 amide bonds. The number of nitriles is 1. The molecule has 0 bridgehead atoms. The third kappa shape index (κ3) is 2.28. The van der Waals surface area contributed by atoms with Gasteiger partial charge in [0, 0.05) is 5.69 Å². The topological polar surface area (TPSA) is 48.7 Å². The van der Waals surface area contributed by atoms with Crippen LogP contribution in [0.4, 0.5) is 20.3 Å². The van der Waals surface area contributed by atoms with Crippen LogP contribution in [0.1, 0.15) is 11.3 Å². The minimum Gasteiger partial charge on any atom is -0.334 e. The number of aromatic nitrogens is 1. The van der Waals surface area contributed by atoms with E-state index < -0.39 is 11.6 Å². The summed E-state index contributed by atoms with van der Waals surface area (Å²) in [6.07, 6.45) is 0. The minimum absolute atomic E-state index is 0.140. The summed E-state index contributed by atoms with van der Waals surface area (Å²) < 4.78 is 26.9. The maximum atomic E-state index is 13.5. The first kappa shape index (κ1) is 12.0. The van der Waals surface area contributed by atoms with Gasteiger partial charge >= 0.3 is 0 Å². The van der Waals surface area contributed by atoms with E-state index in [-0.39, 0.29) is 17.1 Å². The molecule has 1 N–H and O–H groups in total. The second kappa shape index (κ2) is 4.80. The lowest BCUT2D eigenvalue weighted by atomic mass is 10.2. The highest BCUT2D eigenvalue weighted by Crippen LogP contribution is 2.24. The van der Waals surface area contributed by atoms with Gasteiger partial charge in [-0.2, -0.15) is 5.26 Å². The largest absolute Gasteiger partial charge is 0.334 e. The smallest absolute Gasteiger partial charge is 0.149 e. The van der Waals surface area contributed by atoms with Gasteiger partial charge in [-0.15, -0.1) is 0 Å². The number of rotatable bonds is 2. The number of hydrogen-bond donors (Lipinski definition) is 1. The third-order valence-electron chi connectivity index (χ3n) is 2.36. The van der Waals surface area contributed by atoms with Crippen molar-refractivity contribution in [2.24, 2.45) is 0 Å². The fraction of sp³-hybridized carbons (Fsp3) is 0.0769. The average Bonchev–Trinajstić information content (AvgIpc) is 2.34. The van der Waals surface area contributed by atoms with Crippen molar-refractivity contribution < 1.29 is 8.78 Å². The number of pyridine rings is 1. The molecule has 0 radical (unpaired) electrons. The zero-order valence-electron chi connectivity index (χ0n) is 9.54. The Morgan fingerprint density at radius 2 is 1.83 bits per heavy atom. The summed E-state index contributed by atoms with van der Waals surface area (Å²) >= 11 is 0. The van der Waals surface area contributed by atoms with Gasteiger partial charge in [0.2, 0.25) is 0 Å². The first-order chi connectivity index (χ1) is 8.61. The molecule has 0 spiro atoms. The van der Waals surface area contributed by atoms with Crippen LogP contribution in [0.15, 0.2) is 30.3 Å². The highest BCUT2D eigenvalue weighted by atomic mass is 19.1. The van der Waals surface area contributed by atoms with Crippen LogP contribution in [0, 0.1) is 29.9 Å². The van der Waals surface area contributed by atoms with Crippen LogP contribution >= 0.6 is 0 Å². The number of halogens is 2. The summed E-state index contributed by atoms with van der Waals surface area (Å²) in [5, 5.41) is 11.4. The molecule has 90 valence electrons. The van der Waals surface area contributed by atoms with E-state index in [0.717, 1.165) is 12.1 Å². The predicted octanol–water partition coefficient (Wildman–Crippen LogP) is 3.28. The van der Waals surface area contributed by atoms with E-state index in [4.69, 9.17) is 5.26 Å². The van der Waals surface area contributed by atoms with Crippen molar-refractivity contribution in [3.8, 4) is 6.07 Å². The van der Waals surface area contributed by atoms with Crippen LogP contribution in [0.3, 0.4) is 0 Å². The van der Waals surface area contributed by atoms with E-state index in [1.165, 1.54) is 6.07 Å². The van der Waals surface area contributed by atoms with Gasteiger partial charge in [0.1, 0.15) is 29.2 Å². The molecule has 18 heavy (non-hydrogen) atoms. The van der Waals surface area contributed by atoms with Gasteiger partial charge in [-0.25, -0.2) is 13.8 Å². The molecule has 0 unspecified atom stereocenters. The molecule has 1 heterocycles. The number of nitrogens with one attached hydrogen (secondary N) is 1. The molecule has 3 nitrogen and oxygen atoms in total. The summed E-state index contributed by atoms with van der Waals surface area (Å²) in [7, 11) is 0.